The third-order valence-electron chi connectivity index (χ3n) is 6.10. The molecule has 0 unspecified atom stereocenters. The van der Waals surface area contributed by atoms with Crippen molar-refractivity contribution in [3.63, 3.8) is 0 Å². The zero-order chi connectivity index (χ0) is 21.9. The maximum atomic E-state index is 12.6. The van der Waals surface area contributed by atoms with Crippen LogP contribution in [0.15, 0.2) is 24.3 Å². The number of benzene rings is 2. The number of aliphatic hydroxyl groups excluding tert-OH is 1. The molecule has 0 radical (unpaired) electrons. The highest BCUT2D eigenvalue weighted by Gasteiger charge is 2.42. The first-order valence-corrected chi connectivity index (χ1v) is 10.2. The van der Waals surface area contributed by atoms with Crippen LogP contribution in [0.1, 0.15) is 36.1 Å². The van der Waals surface area contributed by atoms with Crippen molar-refractivity contribution in [3.05, 3.63) is 46.5 Å². The first kappa shape index (κ1) is 19.8. The lowest BCUT2D eigenvalue weighted by atomic mass is 9.86. The molecule has 0 amide bonds. The monoisotopic (exact) mass is 424 g/mol. The number of aliphatic hydroxyl groups is 1. The van der Waals surface area contributed by atoms with Crippen LogP contribution < -0.4 is 18.9 Å². The summed E-state index contributed by atoms with van der Waals surface area (Å²) in [6.07, 6.45) is -0.188. The lowest BCUT2D eigenvalue weighted by Crippen LogP contribution is -2.43. The largest absolute Gasteiger partial charge is 0.496 e. The van der Waals surface area contributed by atoms with E-state index in [2.05, 4.69) is 0 Å². The molecular formula is C24H24O7. The highest BCUT2D eigenvalue weighted by atomic mass is 16.5. The van der Waals surface area contributed by atoms with Gasteiger partial charge >= 0.3 is 0 Å². The molecule has 0 spiro atoms. The molecule has 5 rings (SSSR count). The van der Waals surface area contributed by atoms with Crippen LogP contribution in [-0.4, -0.2) is 43.4 Å². The standard InChI is InChI=1S/C24H24O7/c1-24(2)20(26)9-15-16(31-24)6-5-13-22(15)30-19-11-29-18-7-12(10-25)17(27-3)8-14(18)21(19)23(13)28-4/h5-8,19,25H,9-11H2,1-4H3/t19-/m1/s1. The van der Waals surface area contributed by atoms with Crippen molar-refractivity contribution in [3.8, 4) is 23.0 Å². The number of rotatable bonds is 3. The summed E-state index contributed by atoms with van der Waals surface area (Å²) in [5.41, 5.74) is 2.91. The lowest BCUT2D eigenvalue weighted by molar-refractivity contribution is -0.132. The van der Waals surface area contributed by atoms with Gasteiger partial charge in [0.15, 0.2) is 17.5 Å². The summed E-state index contributed by atoms with van der Waals surface area (Å²) >= 11 is 0. The maximum Gasteiger partial charge on any atom is 0.180 e. The minimum atomic E-state index is -0.866. The Balaban J connectivity index is 1.71. The summed E-state index contributed by atoms with van der Waals surface area (Å²) in [6.45, 7) is 3.67. The summed E-state index contributed by atoms with van der Waals surface area (Å²) in [5.74, 6) is 3.10. The second-order valence-electron chi connectivity index (χ2n) is 8.31. The molecular weight excluding hydrogens is 400 g/mol. The average Bonchev–Trinajstić information content (AvgIpc) is 2.77. The smallest absolute Gasteiger partial charge is 0.180 e. The molecule has 7 heteroatoms. The van der Waals surface area contributed by atoms with Crippen LogP contribution in [0.25, 0.3) is 11.3 Å². The predicted molar refractivity (Wildman–Crippen MR) is 113 cm³/mol. The van der Waals surface area contributed by atoms with Gasteiger partial charge in [-0.3, -0.25) is 4.79 Å². The summed E-state index contributed by atoms with van der Waals surface area (Å²) in [4.78, 5) is 12.6. The van der Waals surface area contributed by atoms with Crippen LogP contribution in [0.4, 0.5) is 0 Å². The van der Waals surface area contributed by atoms with Gasteiger partial charge in [0.1, 0.15) is 35.4 Å². The molecule has 31 heavy (non-hydrogen) atoms. The van der Waals surface area contributed by atoms with E-state index < -0.39 is 11.7 Å². The van der Waals surface area contributed by atoms with Crippen molar-refractivity contribution in [2.75, 3.05) is 20.8 Å². The second-order valence-corrected chi connectivity index (χ2v) is 8.31. The highest BCUT2D eigenvalue weighted by molar-refractivity contribution is 5.98. The molecule has 0 aliphatic carbocycles. The number of hydrogen-bond acceptors (Lipinski definition) is 7. The van der Waals surface area contributed by atoms with Crippen molar-refractivity contribution < 1.29 is 33.6 Å². The Morgan fingerprint density at radius 3 is 2.65 bits per heavy atom. The number of carbonyl (C=O) groups excluding carboxylic acids is 1. The molecule has 162 valence electrons. The van der Waals surface area contributed by atoms with E-state index in [1.807, 2.05) is 18.2 Å². The molecule has 0 bridgehead atoms. The molecule has 0 aromatic heterocycles. The number of methoxy groups -OCH3 is 2. The Hall–Kier alpha value is -3.19. The first-order chi connectivity index (χ1) is 14.9. The molecule has 1 atom stereocenters. The van der Waals surface area contributed by atoms with Gasteiger partial charge in [0.25, 0.3) is 0 Å². The molecule has 3 aliphatic heterocycles. The van der Waals surface area contributed by atoms with Crippen molar-refractivity contribution in [1.29, 1.82) is 0 Å². The number of fused-ring (bicyclic) bond motifs is 6. The van der Waals surface area contributed by atoms with E-state index in [1.54, 1.807) is 34.1 Å². The van der Waals surface area contributed by atoms with Crippen molar-refractivity contribution in [2.45, 2.75) is 38.6 Å². The van der Waals surface area contributed by atoms with Gasteiger partial charge < -0.3 is 28.8 Å². The van der Waals surface area contributed by atoms with Gasteiger partial charge in [-0.05, 0) is 38.1 Å². The molecule has 0 fully saturated rings. The van der Waals surface area contributed by atoms with Gasteiger partial charge in [-0.1, -0.05) is 0 Å². The van der Waals surface area contributed by atoms with Crippen molar-refractivity contribution >= 4 is 17.1 Å². The van der Waals surface area contributed by atoms with E-state index in [0.717, 1.165) is 22.3 Å². The SMILES string of the molecule is COC1=C2c3cc(OC)c(CO)cc3OC[C@H]2Oc2c1ccc1c2CC(=O)C(C)(C)O1. The summed E-state index contributed by atoms with van der Waals surface area (Å²) in [7, 11) is 3.18. The van der Waals surface area contributed by atoms with Gasteiger partial charge in [-0.25, -0.2) is 0 Å². The molecule has 0 saturated heterocycles. The second kappa shape index (κ2) is 6.92. The number of ketones is 1. The summed E-state index contributed by atoms with van der Waals surface area (Å²) < 4.78 is 29.6. The number of hydrogen-bond donors (Lipinski definition) is 1. The van der Waals surface area contributed by atoms with Crippen LogP contribution in [0.2, 0.25) is 0 Å². The fourth-order valence-corrected chi connectivity index (χ4v) is 4.43. The summed E-state index contributed by atoms with van der Waals surface area (Å²) in [6, 6.07) is 7.38. The fraction of sp³-hybridized carbons (Fsp3) is 0.375. The molecule has 3 aliphatic rings. The topological polar surface area (TPSA) is 83.5 Å². The van der Waals surface area contributed by atoms with Crippen LogP contribution in [0.3, 0.4) is 0 Å². The third-order valence-corrected chi connectivity index (χ3v) is 6.10. The van der Waals surface area contributed by atoms with Gasteiger partial charge in [-0.2, -0.15) is 0 Å². The van der Waals surface area contributed by atoms with Crippen LogP contribution in [0.5, 0.6) is 23.0 Å². The number of carbonyl (C=O) groups is 1. The molecule has 3 heterocycles. The molecule has 1 N–H and O–H groups in total. The van der Waals surface area contributed by atoms with Crippen molar-refractivity contribution in [1.82, 2.24) is 0 Å². The first-order valence-electron chi connectivity index (χ1n) is 10.2. The van der Waals surface area contributed by atoms with Crippen LogP contribution in [-0.2, 0) is 22.6 Å². The van der Waals surface area contributed by atoms with Crippen LogP contribution >= 0.6 is 0 Å². The summed E-state index contributed by atoms with van der Waals surface area (Å²) in [5, 5.41) is 9.65. The molecule has 2 aromatic carbocycles. The predicted octanol–water partition coefficient (Wildman–Crippen LogP) is 3.14. The van der Waals surface area contributed by atoms with E-state index >= 15 is 0 Å². The van der Waals surface area contributed by atoms with Crippen LogP contribution in [0, 0.1) is 0 Å². The van der Waals surface area contributed by atoms with Gasteiger partial charge in [0.2, 0.25) is 0 Å². The zero-order valence-corrected chi connectivity index (χ0v) is 17.9. The Morgan fingerprint density at radius 1 is 1.13 bits per heavy atom. The highest BCUT2D eigenvalue weighted by Crippen LogP contribution is 2.50. The van der Waals surface area contributed by atoms with Gasteiger partial charge in [0, 0.05) is 28.7 Å². The molecule has 2 aromatic rings. The van der Waals surface area contributed by atoms with Gasteiger partial charge in [0.05, 0.1) is 26.4 Å². The minimum Gasteiger partial charge on any atom is -0.496 e. The Bertz CT molecular complexity index is 1130. The van der Waals surface area contributed by atoms with E-state index in [0.29, 0.717) is 34.3 Å². The van der Waals surface area contributed by atoms with Crippen molar-refractivity contribution in [2.24, 2.45) is 0 Å². The van der Waals surface area contributed by atoms with E-state index in [9.17, 15) is 9.90 Å². The normalized spacial score (nSPS) is 20.3. The zero-order valence-electron chi connectivity index (χ0n) is 17.9. The molecule has 7 nitrogen and oxygen atoms in total. The third kappa shape index (κ3) is 2.87. The minimum absolute atomic E-state index is 0.00254. The number of Topliss-reactive ketones (excluding diaryl/α,β-unsaturated/α-hetero) is 1. The fourth-order valence-electron chi connectivity index (χ4n) is 4.43. The Labute approximate surface area is 180 Å². The molecule has 0 saturated carbocycles. The van der Waals surface area contributed by atoms with Gasteiger partial charge in [-0.15, -0.1) is 0 Å². The lowest BCUT2D eigenvalue weighted by Gasteiger charge is -2.38. The van der Waals surface area contributed by atoms with E-state index in [4.69, 9.17) is 23.7 Å². The quantitative estimate of drug-likeness (QED) is 0.810. The number of ether oxygens (including phenoxy) is 5. The van der Waals surface area contributed by atoms with E-state index in [-0.39, 0.29) is 25.4 Å². The Morgan fingerprint density at radius 2 is 1.94 bits per heavy atom. The average molecular weight is 424 g/mol. The van der Waals surface area contributed by atoms with E-state index in [1.165, 1.54) is 0 Å². The maximum absolute atomic E-state index is 12.6. The Kier molecular flexibility index (Phi) is 4.41.